The van der Waals surface area contributed by atoms with E-state index in [9.17, 15) is 4.79 Å². The van der Waals surface area contributed by atoms with Crippen LogP contribution in [0.2, 0.25) is 0 Å². The van der Waals surface area contributed by atoms with E-state index in [-0.39, 0.29) is 5.43 Å². The van der Waals surface area contributed by atoms with Crippen LogP contribution in [-0.4, -0.2) is 19.7 Å². The molecule has 0 aliphatic heterocycles. The Kier molecular flexibility index (Phi) is 4.90. The maximum atomic E-state index is 13.5. The zero-order chi connectivity index (χ0) is 22.2. The fraction of sp³-hybridized carbons (Fsp3) is 0.154. The number of anilines is 1. The number of hydrogen-bond acceptors (Lipinski definition) is 5. The summed E-state index contributed by atoms with van der Waals surface area (Å²) >= 11 is 0. The first-order valence-corrected chi connectivity index (χ1v) is 10.5. The van der Waals surface area contributed by atoms with Crippen LogP contribution in [0, 0.1) is 13.8 Å². The Bertz CT molecular complexity index is 1540. The Morgan fingerprint density at radius 2 is 1.81 bits per heavy atom. The Hall–Kier alpha value is -4.06. The van der Waals surface area contributed by atoms with Gasteiger partial charge in [0.2, 0.25) is 0 Å². The van der Waals surface area contributed by atoms with Crippen molar-refractivity contribution < 1.29 is 0 Å². The molecular formula is C26H23N5O. The second-order valence-electron chi connectivity index (χ2n) is 8.09. The predicted octanol–water partition coefficient (Wildman–Crippen LogP) is 4.77. The molecule has 3 heterocycles. The third kappa shape index (κ3) is 3.60. The number of fused-ring (bicyclic) bond motifs is 2. The Balaban J connectivity index is 1.58. The third-order valence-corrected chi connectivity index (χ3v) is 5.98. The van der Waals surface area contributed by atoms with E-state index in [1.165, 1.54) is 16.7 Å². The van der Waals surface area contributed by atoms with Gasteiger partial charge < -0.3 is 5.32 Å². The SMILES string of the molecule is Cc1cccc(CNc2cc3c(=O)c4cc(-c5cnn(C)c5)cnc4ccc3cn2)c1C. The normalized spacial score (nSPS) is 11.2. The van der Waals surface area contributed by atoms with Crippen LogP contribution in [0.3, 0.4) is 0 Å². The minimum Gasteiger partial charge on any atom is -0.366 e. The summed E-state index contributed by atoms with van der Waals surface area (Å²) in [5.74, 6) is 0.672. The highest BCUT2D eigenvalue weighted by molar-refractivity contribution is 5.93. The van der Waals surface area contributed by atoms with Crippen molar-refractivity contribution in [2.24, 2.45) is 7.05 Å². The molecule has 2 aromatic carbocycles. The highest BCUT2D eigenvalue weighted by atomic mass is 16.1. The van der Waals surface area contributed by atoms with Crippen LogP contribution >= 0.6 is 0 Å². The van der Waals surface area contributed by atoms with Crippen LogP contribution in [-0.2, 0) is 13.6 Å². The molecule has 0 aliphatic rings. The predicted molar refractivity (Wildman–Crippen MR) is 129 cm³/mol. The number of pyridine rings is 2. The lowest BCUT2D eigenvalue weighted by Crippen LogP contribution is -2.05. The maximum absolute atomic E-state index is 13.5. The quantitative estimate of drug-likeness (QED) is 0.452. The van der Waals surface area contributed by atoms with Crippen molar-refractivity contribution in [3.63, 3.8) is 0 Å². The standard InChI is InChI=1S/C26H23N5O/c1-16-5-4-6-18(17(16)2)11-28-25-10-22-19(12-29-25)7-8-24-23(26(22)32)9-20(13-27-24)21-14-30-31(3)15-21/h4-10,12-15H,11H2,1-3H3,(H,28,29). The van der Waals surface area contributed by atoms with Crippen LogP contribution in [0.5, 0.6) is 0 Å². The van der Waals surface area contributed by atoms with Gasteiger partial charge in [0.25, 0.3) is 0 Å². The van der Waals surface area contributed by atoms with Crippen molar-refractivity contribution in [3.8, 4) is 11.1 Å². The van der Waals surface area contributed by atoms with E-state index in [0.717, 1.165) is 16.5 Å². The van der Waals surface area contributed by atoms with Crippen LogP contribution in [0.15, 0.2) is 72.0 Å². The molecule has 1 N–H and O–H groups in total. The topological polar surface area (TPSA) is 72.7 Å². The van der Waals surface area contributed by atoms with Gasteiger partial charge in [0.1, 0.15) is 5.82 Å². The molecule has 0 amide bonds. The molecule has 0 spiro atoms. The van der Waals surface area contributed by atoms with Crippen molar-refractivity contribution in [1.29, 1.82) is 0 Å². The van der Waals surface area contributed by atoms with E-state index in [2.05, 4.69) is 52.4 Å². The maximum Gasteiger partial charge on any atom is 0.196 e. The monoisotopic (exact) mass is 421 g/mol. The van der Waals surface area contributed by atoms with Crippen LogP contribution in [0.25, 0.3) is 32.8 Å². The number of hydrogen-bond donors (Lipinski definition) is 1. The van der Waals surface area contributed by atoms with Gasteiger partial charge in [-0.15, -0.1) is 0 Å². The summed E-state index contributed by atoms with van der Waals surface area (Å²) in [5, 5.41) is 9.57. The van der Waals surface area contributed by atoms with Gasteiger partial charge in [0.15, 0.2) is 5.43 Å². The number of aromatic nitrogens is 4. The van der Waals surface area contributed by atoms with E-state index >= 15 is 0 Å². The van der Waals surface area contributed by atoms with Crippen LogP contribution in [0.1, 0.15) is 16.7 Å². The van der Waals surface area contributed by atoms with Gasteiger partial charge in [-0.05, 0) is 48.7 Å². The molecular weight excluding hydrogens is 398 g/mol. The molecule has 5 rings (SSSR count). The van der Waals surface area contributed by atoms with Gasteiger partial charge >= 0.3 is 0 Å². The smallest absolute Gasteiger partial charge is 0.196 e. The van der Waals surface area contributed by atoms with Gasteiger partial charge in [0, 0.05) is 59.5 Å². The summed E-state index contributed by atoms with van der Waals surface area (Å²) in [5.41, 5.74) is 6.12. The molecule has 0 saturated carbocycles. The molecule has 0 fully saturated rings. The summed E-state index contributed by atoms with van der Waals surface area (Å²) in [6.07, 6.45) is 7.20. The fourth-order valence-corrected chi connectivity index (χ4v) is 3.91. The molecule has 158 valence electrons. The molecule has 0 radical (unpaired) electrons. The fourth-order valence-electron chi connectivity index (χ4n) is 3.91. The van der Waals surface area contributed by atoms with Gasteiger partial charge in [-0.1, -0.05) is 24.3 Å². The highest BCUT2D eigenvalue weighted by Crippen LogP contribution is 2.22. The average molecular weight is 422 g/mol. The first-order chi connectivity index (χ1) is 15.5. The van der Waals surface area contributed by atoms with Crippen molar-refractivity contribution in [2.75, 3.05) is 5.32 Å². The van der Waals surface area contributed by atoms with Crippen LogP contribution < -0.4 is 10.7 Å². The molecule has 0 aliphatic carbocycles. The van der Waals surface area contributed by atoms with Gasteiger partial charge in [-0.25, -0.2) is 4.98 Å². The number of rotatable bonds is 4. The second-order valence-corrected chi connectivity index (χ2v) is 8.09. The third-order valence-electron chi connectivity index (χ3n) is 5.98. The first kappa shape index (κ1) is 19.9. The van der Waals surface area contributed by atoms with E-state index in [0.29, 0.717) is 28.7 Å². The molecule has 0 atom stereocenters. The van der Waals surface area contributed by atoms with E-state index in [1.54, 1.807) is 23.3 Å². The van der Waals surface area contributed by atoms with Gasteiger partial charge in [-0.2, -0.15) is 5.10 Å². The first-order valence-electron chi connectivity index (χ1n) is 10.5. The minimum absolute atomic E-state index is 0.0598. The number of aryl methyl sites for hydroxylation is 2. The highest BCUT2D eigenvalue weighted by Gasteiger charge is 2.09. The van der Waals surface area contributed by atoms with E-state index < -0.39 is 0 Å². The summed E-state index contributed by atoms with van der Waals surface area (Å²) in [6, 6.07) is 13.8. The summed E-state index contributed by atoms with van der Waals surface area (Å²) < 4.78 is 1.73. The van der Waals surface area contributed by atoms with Gasteiger partial charge in [0.05, 0.1) is 11.7 Å². The molecule has 0 bridgehead atoms. The Labute approximate surface area is 185 Å². The zero-order valence-corrected chi connectivity index (χ0v) is 18.3. The summed E-state index contributed by atoms with van der Waals surface area (Å²) in [6.45, 7) is 4.87. The molecule has 0 saturated heterocycles. The number of benzene rings is 1. The van der Waals surface area contributed by atoms with E-state index in [1.807, 2.05) is 37.5 Å². The number of nitrogens with one attached hydrogen (secondary N) is 1. The summed E-state index contributed by atoms with van der Waals surface area (Å²) in [7, 11) is 1.87. The van der Waals surface area contributed by atoms with Crippen molar-refractivity contribution in [3.05, 3.63) is 94.2 Å². The molecule has 6 heteroatoms. The summed E-state index contributed by atoms with van der Waals surface area (Å²) in [4.78, 5) is 22.5. The lowest BCUT2D eigenvalue weighted by molar-refractivity contribution is 0.768. The number of nitrogens with zero attached hydrogens (tertiary/aromatic N) is 4. The van der Waals surface area contributed by atoms with E-state index in [4.69, 9.17) is 0 Å². The lowest BCUT2D eigenvalue weighted by Gasteiger charge is -2.10. The Morgan fingerprint density at radius 3 is 2.62 bits per heavy atom. The molecule has 3 aromatic heterocycles. The zero-order valence-electron chi connectivity index (χ0n) is 18.3. The molecule has 32 heavy (non-hydrogen) atoms. The van der Waals surface area contributed by atoms with Gasteiger partial charge in [-0.3, -0.25) is 14.5 Å². The largest absolute Gasteiger partial charge is 0.366 e. The van der Waals surface area contributed by atoms with Crippen molar-refractivity contribution in [1.82, 2.24) is 19.7 Å². The minimum atomic E-state index is -0.0598. The van der Waals surface area contributed by atoms with Crippen molar-refractivity contribution >= 4 is 27.5 Å². The molecule has 5 aromatic rings. The molecule has 0 unspecified atom stereocenters. The average Bonchev–Trinajstić information content (AvgIpc) is 3.19. The lowest BCUT2D eigenvalue weighted by atomic mass is 10.0. The van der Waals surface area contributed by atoms with Crippen molar-refractivity contribution in [2.45, 2.75) is 20.4 Å². The second kappa shape index (κ2) is 7.89. The van der Waals surface area contributed by atoms with Crippen LogP contribution in [0.4, 0.5) is 5.82 Å². The Morgan fingerprint density at radius 1 is 0.938 bits per heavy atom. The molecule has 6 nitrogen and oxygen atoms in total.